The molecule has 0 aromatic carbocycles. The summed E-state index contributed by atoms with van der Waals surface area (Å²) in [5.74, 6) is 1.73. The first-order valence-corrected chi connectivity index (χ1v) is 7.37. The monoisotopic (exact) mass is 288 g/mol. The van der Waals surface area contributed by atoms with E-state index in [1.54, 1.807) is 13.3 Å². The second-order valence-electron chi connectivity index (χ2n) is 5.43. The first-order valence-electron chi connectivity index (χ1n) is 7.37. The van der Waals surface area contributed by atoms with Crippen molar-refractivity contribution < 1.29 is 9.26 Å². The Morgan fingerprint density at radius 2 is 2.10 bits per heavy atom. The van der Waals surface area contributed by atoms with Crippen LogP contribution >= 0.6 is 0 Å². The predicted molar refractivity (Wildman–Crippen MR) is 79.3 cm³/mol. The van der Waals surface area contributed by atoms with E-state index >= 15 is 0 Å². The largest absolute Gasteiger partial charge is 0.480 e. The fourth-order valence-corrected chi connectivity index (χ4v) is 2.68. The summed E-state index contributed by atoms with van der Waals surface area (Å²) < 4.78 is 10.6. The molecule has 1 fully saturated rings. The molecule has 0 saturated heterocycles. The molecule has 0 radical (unpaired) electrons. The van der Waals surface area contributed by atoms with Crippen LogP contribution in [0.2, 0.25) is 0 Å². The fourth-order valence-electron chi connectivity index (χ4n) is 2.68. The lowest BCUT2D eigenvalue weighted by atomic mass is 9.96. The molecule has 0 amide bonds. The summed E-state index contributed by atoms with van der Waals surface area (Å²) in [5.41, 5.74) is 1.53. The number of anilines is 1. The summed E-state index contributed by atoms with van der Waals surface area (Å²) in [6.45, 7) is 1.87. The highest BCUT2D eigenvalue weighted by molar-refractivity contribution is 5.63. The van der Waals surface area contributed by atoms with Crippen LogP contribution in [0.3, 0.4) is 0 Å². The summed E-state index contributed by atoms with van der Waals surface area (Å²) in [6, 6.07) is 2.30. The molecule has 1 aliphatic carbocycles. The van der Waals surface area contributed by atoms with Crippen molar-refractivity contribution in [2.75, 3.05) is 12.4 Å². The molecular weight excluding hydrogens is 268 g/mol. The zero-order valence-electron chi connectivity index (χ0n) is 12.4. The van der Waals surface area contributed by atoms with Crippen molar-refractivity contribution in [3.63, 3.8) is 0 Å². The Hall–Kier alpha value is -2.11. The van der Waals surface area contributed by atoms with Crippen LogP contribution in [0.25, 0.3) is 11.3 Å². The molecule has 0 atom stereocenters. The Labute approximate surface area is 123 Å². The van der Waals surface area contributed by atoms with Gasteiger partial charge in [0.1, 0.15) is 5.56 Å². The Morgan fingerprint density at radius 3 is 2.76 bits per heavy atom. The average molecular weight is 288 g/mol. The van der Waals surface area contributed by atoms with E-state index in [4.69, 9.17) is 9.26 Å². The van der Waals surface area contributed by atoms with Gasteiger partial charge in [-0.25, -0.2) is 4.98 Å². The van der Waals surface area contributed by atoms with Gasteiger partial charge in [-0.1, -0.05) is 24.4 Å². The lowest BCUT2D eigenvalue weighted by molar-refractivity contribution is 0.390. The Kier molecular flexibility index (Phi) is 4.03. The van der Waals surface area contributed by atoms with Crippen LogP contribution in [-0.2, 0) is 0 Å². The van der Waals surface area contributed by atoms with Crippen molar-refractivity contribution in [1.29, 1.82) is 0 Å². The smallest absolute Gasteiger partial charge is 0.229 e. The summed E-state index contributed by atoms with van der Waals surface area (Å²) in [5, 5.41) is 7.27. The molecule has 0 bridgehead atoms. The third kappa shape index (κ3) is 3.15. The topological polar surface area (TPSA) is 73.1 Å². The van der Waals surface area contributed by atoms with E-state index in [-0.39, 0.29) is 0 Å². The molecule has 112 valence electrons. The van der Waals surface area contributed by atoms with E-state index in [9.17, 15) is 0 Å². The van der Waals surface area contributed by atoms with Crippen LogP contribution in [0.15, 0.2) is 16.8 Å². The highest BCUT2D eigenvalue weighted by Crippen LogP contribution is 2.29. The van der Waals surface area contributed by atoms with Gasteiger partial charge < -0.3 is 14.6 Å². The quantitative estimate of drug-likeness (QED) is 0.931. The van der Waals surface area contributed by atoms with Crippen LogP contribution in [-0.4, -0.2) is 28.3 Å². The number of aryl methyl sites for hydroxylation is 1. The Bertz CT molecular complexity index is 605. The van der Waals surface area contributed by atoms with Gasteiger partial charge in [0, 0.05) is 18.3 Å². The van der Waals surface area contributed by atoms with Gasteiger partial charge in [-0.3, -0.25) is 0 Å². The number of rotatable bonds is 4. The minimum Gasteiger partial charge on any atom is -0.480 e. The van der Waals surface area contributed by atoms with Crippen molar-refractivity contribution in [2.24, 2.45) is 0 Å². The van der Waals surface area contributed by atoms with E-state index in [0.717, 1.165) is 5.69 Å². The summed E-state index contributed by atoms with van der Waals surface area (Å²) >= 11 is 0. The Morgan fingerprint density at radius 1 is 1.29 bits per heavy atom. The zero-order valence-corrected chi connectivity index (χ0v) is 12.4. The molecule has 0 unspecified atom stereocenters. The molecule has 2 aromatic heterocycles. The zero-order chi connectivity index (χ0) is 14.7. The average Bonchev–Trinajstić information content (AvgIpc) is 2.94. The van der Waals surface area contributed by atoms with Gasteiger partial charge in [-0.05, 0) is 19.8 Å². The molecule has 0 aliphatic heterocycles. The first kappa shape index (κ1) is 13.9. The van der Waals surface area contributed by atoms with Crippen LogP contribution < -0.4 is 10.1 Å². The number of methoxy groups -OCH3 is 1. The third-order valence-electron chi connectivity index (χ3n) is 3.78. The molecule has 6 nitrogen and oxygen atoms in total. The number of aromatic nitrogens is 3. The highest BCUT2D eigenvalue weighted by atomic mass is 16.5. The molecule has 6 heteroatoms. The van der Waals surface area contributed by atoms with Crippen molar-refractivity contribution in [3.8, 4) is 17.2 Å². The number of hydrogen-bond donors (Lipinski definition) is 1. The molecule has 3 rings (SSSR count). The molecule has 1 aliphatic rings. The molecule has 0 spiro atoms. The molecule has 21 heavy (non-hydrogen) atoms. The number of ether oxygens (including phenoxy) is 1. The van der Waals surface area contributed by atoms with Crippen LogP contribution in [0.1, 0.15) is 37.8 Å². The molecular formula is C15H20N4O2. The minimum absolute atomic E-state index is 0.460. The summed E-state index contributed by atoms with van der Waals surface area (Å²) in [7, 11) is 1.60. The van der Waals surface area contributed by atoms with Crippen LogP contribution in [0, 0.1) is 6.92 Å². The number of hydrogen-bond acceptors (Lipinski definition) is 6. The van der Waals surface area contributed by atoms with Gasteiger partial charge in [0.2, 0.25) is 11.8 Å². The lowest BCUT2D eigenvalue weighted by Gasteiger charge is -2.22. The second kappa shape index (κ2) is 6.11. The summed E-state index contributed by atoms with van der Waals surface area (Å²) in [6.07, 6.45) is 7.93. The van der Waals surface area contributed by atoms with Gasteiger partial charge in [0.15, 0.2) is 5.76 Å². The Balaban J connectivity index is 1.81. The molecule has 2 aromatic rings. The van der Waals surface area contributed by atoms with E-state index in [1.165, 1.54) is 32.1 Å². The van der Waals surface area contributed by atoms with Gasteiger partial charge >= 0.3 is 0 Å². The maximum absolute atomic E-state index is 5.36. The van der Waals surface area contributed by atoms with Gasteiger partial charge in [-0.2, -0.15) is 4.98 Å². The van der Waals surface area contributed by atoms with Crippen LogP contribution in [0.4, 0.5) is 5.95 Å². The van der Waals surface area contributed by atoms with E-state index in [0.29, 0.717) is 29.2 Å². The van der Waals surface area contributed by atoms with Crippen molar-refractivity contribution in [1.82, 2.24) is 15.1 Å². The van der Waals surface area contributed by atoms with Gasteiger partial charge in [0.25, 0.3) is 0 Å². The third-order valence-corrected chi connectivity index (χ3v) is 3.78. The highest BCUT2D eigenvalue weighted by Gasteiger charge is 2.17. The maximum atomic E-state index is 5.36. The molecule has 1 N–H and O–H groups in total. The van der Waals surface area contributed by atoms with Gasteiger partial charge in [-0.15, -0.1) is 0 Å². The molecule has 1 saturated carbocycles. The number of nitrogens with one attached hydrogen (secondary N) is 1. The minimum atomic E-state index is 0.460. The number of nitrogens with zero attached hydrogens (tertiary/aromatic N) is 3. The van der Waals surface area contributed by atoms with Crippen LogP contribution in [0.5, 0.6) is 5.88 Å². The van der Waals surface area contributed by atoms with E-state index in [1.807, 2.05) is 13.0 Å². The van der Waals surface area contributed by atoms with E-state index in [2.05, 4.69) is 20.4 Å². The first-order chi connectivity index (χ1) is 10.3. The SMILES string of the molecule is COc1nc(NC2CCCCC2)ncc1-c1cc(C)no1. The fraction of sp³-hybridized carbons (Fsp3) is 0.533. The van der Waals surface area contributed by atoms with Crippen molar-refractivity contribution in [3.05, 3.63) is 18.0 Å². The van der Waals surface area contributed by atoms with Crippen molar-refractivity contribution >= 4 is 5.95 Å². The van der Waals surface area contributed by atoms with E-state index < -0.39 is 0 Å². The predicted octanol–water partition coefficient (Wildman–Crippen LogP) is 3.19. The van der Waals surface area contributed by atoms with Crippen molar-refractivity contribution in [2.45, 2.75) is 45.1 Å². The second-order valence-corrected chi connectivity index (χ2v) is 5.43. The maximum Gasteiger partial charge on any atom is 0.229 e. The normalized spacial score (nSPS) is 15.9. The summed E-state index contributed by atoms with van der Waals surface area (Å²) in [4.78, 5) is 8.82. The lowest BCUT2D eigenvalue weighted by Crippen LogP contribution is -2.23. The standard InChI is InChI=1S/C15H20N4O2/c1-10-8-13(21-19-10)12-9-16-15(18-14(12)20-2)17-11-6-4-3-5-7-11/h8-9,11H,3-7H2,1-2H3,(H,16,17,18). The van der Waals surface area contributed by atoms with Gasteiger partial charge in [0.05, 0.1) is 12.8 Å². The molecule has 2 heterocycles.